The molecule has 1 spiro atoms. The molecule has 1 N–H and O–H groups in total. The van der Waals surface area contributed by atoms with Gasteiger partial charge in [-0.1, -0.05) is 0 Å². The molecule has 2 aliphatic rings. The molecular weight excluding hydrogens is 100 g/mol. The van der Waals surface area contributed by atoms with Crippen LogP contribution in [0.3, 0.4) is 0 Å². The zero-order valence-corrected chi connectivity index (χ0v) is 3.46. The Morgan fingerprint density at radius 1 is 1.57 bits per heavy atom. The molecule has 0 aromatic heterocycles. The van der Waals surface area contributed by atoms with Gasteiger partial charge in [0.1, 0.15) is 0 Å². The number of ether oxygens (including phenoxy) is 1. The number of hydrogen-bond acceptors (Lipinski definition) is 4. The Kier molecular flexibility index (Phi) is 0.450. The van der Waals surface area contributed by atoms with Crippen molar-refractivity contribution in [3.05, 3.63) is 0 Å². The van der Waals surface area contributed by atoms with Gasteiger partial charge in [-0.15, -0.1) is 0 Å². The zero-order chi connectivity index (χ0) is 4.91. The molecule has 2 fully saturated rings. The second kappa shape index (κ2) is 0.830. The predicted octanol–water partition coefficient (Wildman–Crippen LogP) is -1.01. The van der Waals surface area contributed by atoms with Gasteiger partial charge in [-0.25, -0.2) is 0 Å². The van der Waals surface area contributed by atoms with Crippen LogP contribution in [0.1, 0.15) is 0 Å². The third-order valence-corrected chi connectivity index (χ3v) is 1.10. The summed E-state index contributed by atoms with van der Waals surface area (Å²) in [4.78, 5) is 8.54. The first-order valence-electron chi connectivity index (χ1n) is 2.02. The normalized spacial score (nSPS) is 43.3. The lowest BCUT2D eigenvalue weighted by atomic mass is 10.2. The second-order valence-electron chi connectivity index (χ2n) is 1.60. The van der Waals surface area contributed by atoms with Crippen LogP contribution in [0.25, 0.3) is 0 Å². The molecule has 0 aliphatic carbocycles. The van der Waals surface area contributed by atoms with Gasteiger partial charge in [0.05, 0.1) is 6.61 Å². The van der Waals surface area contributed by atoms with Gasteiger partial charge >= 0.3 is 5.97 Å². The lowest BCUT2D eigenvalue weighted by Gasteiger charge is -2.23. The average Bonchev–Trinajstić information content (AvgIpc) is 2.40. The van der Waals surface area contributed by atoms with Gasteiger partial charge in [0.25, 0.3) is 0 Å². The van der Waals surface area contributed by atoms with Gasteiger partial charge in [0.2, 0.25) is 0 Å². The van der Waals surface area contributed by atoms with Crippen molar-refractivity contribution >= 4 is 0 Å². The minimum Gasteiger partial charge on any atom is -0.382 e. The summed E-state index contributed by atoms with van der Waals surface area (Å²) in [7, 11) is 0. The molecule has 7 heavy (non-hydrogen) atoms. The minimum atomic E-state index is -1.01. The van der Waals surface area contributed by atoms with Crippen LogP contribution in [0.15, 0.2) is 0 Å². The average molecular weight is 104 g/mol. The summed E-state index contributed by atoms with van der Waals surface area (Å²) in [5, 5.41) is 8.66. The van der Waals surface area contributed by atoms with Gasteiger partial charge in [-0.3, -0.25) is 0 Å². The third-order valence-electron chi connectivity index (χ3n) is 1.10. The third kappa shape index (κ3) is 0.304. The summed E-state index contributed by atoms with van der Waals surface area (Å²) in [6.07, 6.45) is -0.576. The fourth-order valence-corrected chi connectivity index (χ4v) is 0.494. The van der Waals surface area contributed by atoms with Gasteiger partial charge in [0, 0.05) is 0 Å². The Hall–Kier alpha value is -0.160. The minimum absolute atomic E-state index is 0.319. The number of aliphatic hydroxyl groups excluding tert-OH is 1. The maximum Gasteiger partial charge on any atom is 0.368 e. The van der Waals surface area contributed by atoms with Gasteiger partial charge in [0.15, 0.2) is 6.10 Å². The highest BCUT2D eigenvalue weighted by Gasteiger charge is 2.65. The van der Waals surface area contributed by atoms with E-state index in [-0.39, 0.29) is 0 Å². The fraction of sp³-hybridized carbons (Fsp3) is 1.00. The molecule has 0 aromatic rings. The maximum absolute atomic E-state index is 8.66. The van der Waals surface area contributed by atoms with Crippen molar-refractivity contribution in [3.8, 4) is 0 Å². The molecule has 4 heteroatoms. The Morgan fingerprint density at radius 3 is 2.29 bits per heavy atom. The van der Waals surface area contributed by atoms with Crippen LogP contribution < -0.4 is 0 Å². The van der Waals surface area contributed by atoms with Gasteiger partial charge in [-0.2, -0.15) is 9.78 Å². The second-order valence-corrected chi connectivity index (χ2v) is 1.60. The summed E-state index contributed by atoms with van der Waals surface area (Å²) in [6.45, 7) is 0.319. The Balaban J connectivity index is 2.09. The molecule has 0 radical (unpaired) electrons. The van der Waals surface area contributed by atoms with E-state index in [1.54, 1.807) is 0 Å². The van der Waals surface area contributed by atoms with E-state index in [1.165, 1.54) is 0 Å². The highest BCUT2D eigenvalue weighted by atomic mass is 17.5. The van der Waals surface area contributed by atoms with E-state index >= 15 is 0 Å². The van der Waals surface area contributed by atoms with E-state index in [0.717, 1.165) is 0 Å². The van der Waals surface area contributed by atoms with Crippen molar-refractivity contribution < 1.29 is 19.6 Å². The predicted molar refractivity (Wildman–Crippen MR) is 16.9 cm³/mol. The van der Waals surface area contributed by atoms with E-state index in [2.05, 4.69) is 14.5 Å². The SMILES string of the molecule is OC1COC12OO2. The zero-order valence-electron chi connectivity index (χ0n) is 3.46. The number of rotatable bonds is 0. The summed E-state index contributed by atoms with van der Waals surface area (Å²) in [5.41, 5.74) is 0. The quantitative estimate of drug-likeness (QED) is 0.316. The van der Waals surface area contributed by atoms with Crippen molar-refractivity contribution in [3.63, 3.8) is 0 Å². The van der Waals surface area contributed by atoms with Crippen LogP contribution in [0, 0.1) is 0 Å². The fourth-order valence-electron chi connectivity index (χ4n) is 0.494. The lowest BCUT2D eigenvalue weighted by Crippen LogP contribution is -2.47. The van der Waals surface area contributed by atoms with Crippen LogP contribution in [-0.2, 0) is 14.5 Å². The molecule has 4 nitrogen and oxygen atoms in total. The molecule has 1 atom stereocenters. The highest BCUT2D eigenvalue weighted by molar-refractivity contribution is 4.81. The van der Waals surface area contributed by atoms with Gasteiger partial charge < -0.3 is 9.84 Å². The summed E-state index contributed by atoms with van der Waals surface area (Å²) in [5.74, 6) is -1.01. The lowest BCUT2D eigenvalue weighted by molar-refractivity contribution is -0.244. The molecular formula is C3H4O4. The van der Waals surface area contributed by atoms with Crippen molar-refractivity contribution in [2.45, 2.75) is 12.1 Å². The van der Waals surface area contributed by atoms with Gasteiger partial charge in [-0.05, 0) is 0 Å². The van der Waals surface area contributed by atoms with Crippen molar-refractivity contribution in [2.24, 2.45) is 0 Å². The molecule has 2 rings (SSSR count). The molecule has 0 saturated carbocycles. The topological polar surface area (TPSA) is 54.5 Å². The first kappa shape index (κ1) is 3.80. The van der Waals surface area contributed by atoms with Crippen LogP contribution in [0.5, 0.6) is 0 Å². The van der Waals surface area contributed by atoms with Crippen molar-refractivity contribution in [1.82, 2.24) is 0 Å². The van der Waals surface area contributed by atoms with Crippen LogP contribution in [0.4, 0.5) is 0 Å². The largest absolute Gasteiger partial charge is 0.382 e. The van der Waals surface area contributed by atoms with Crippen molar-refractivity contribution in [2.75, 3.05) is 6.61 Å². The van der Waals surface area contributed by atoms with Crippen molar-refractivity contribution in [1.29, 1.82) is 0 Å². The molecule has 0 aromatic carbocycles. The molecule has 1 unspecified atom stereocenters. The summed E-state index contributed by atoms with van der Waals surface area (Å²) < 4.78 is 4.65. The smallest absolute Gasteiger partial charge is 0.368 e. The first-order valence-corrected chi connectivity index (χ1v) is 2.02. The highest BCUT2D eigenvalue weighted by Crippen LogP contribution is 2.41. The number of aliphatic hydroxyl groups is 1. The van der Waals surface area contributed by atoms with E-state index < -0.39 is 12.1 Å². The maximum atomic E-state index is 8.66. The Labute approximate surface area is 39.5 Å². The van der Waals surface area contributed by atoms with E-state index in [0.29, 0.717) is 6.61 Å². The molecule has 40 valence electrons. The standard InChI is InChI=1S/C3H4O4/c4-2-1-5-3(2)6-7-3/h2,4H,1H2. The monoisotopic (exact) mass is 104 g/mol. The molecule has 0 bridgehead atoms. The summed E-state index contributed by atoms with van der Waals surface area (Å²) >= 11 is 0. The van der Waals surface area contributed by atoms with E-state index in [9.17, 15) is 0 Å². The molecule has 2 aliphatic heterocycles. The Morgan fingerprint density at radius 2 is 2.29 bits per heavy atom. The van der Waals surface area contributed by atoms with Crippen LogP contribution in [0.2, 0.25) is 0 Å². The number of hydrogen-bond donors (Lipinski definition) is 1. The van der Waals surface area contributed by atoms with Crippen LogP contribution in [-0.4, -0.2) is 23.8 Å². The molecule has 0 amide bonds. The molecule has 2 heterocycles. The first-order chi connectivity index (χ1) is 3.33. The van der Waals surface area contributed by atoms with Crippen LogP contribution >= 0.6 is 0 Å². The van der Waals surface area contributed by atoms with E-state index in [4.69, 9.17) is 5.11 Å². The van der Waals surface area contributed by atoms with E-state index in [1.807, 2.05) is 0 Å². The Bertz CT molecular complexity index is 97.1. The summed E-state index contributed by atoms with van der Waals surface area (Å²) in [6, 6.07) is 0. The molecule has 2 saturated heterocycles.